The normalized spacial score (nSPS) is 11.4. The van der Waals surface area contributed by atoms with Gasteiger partial charge in [0.25, 0.3) is 0 Å². The summed E-state index contributed by atoms with van der Waals surface area (Å²) in [7, 11) is 0. The van der Waals surface area contributed by atoms with Gasteiger partial charge in [0, 0.05) is 46.4 Å². The summed E-state index contributed by atoms with van der Waals surface area (Å²) >= 11 is 0. The van der Waals surface area contributed by atoms with Gasteiger partial charge in [-0.05, 0) is 127 Å². The van der Waals surface area contributed by atoms with Gasteiger partial charge >= 0.3 is 0 Å². The van der Waals surface area contributed by atoms with Crippen LogP contribution >= 0.6 is 0 Å². The molecule has 9 aromatic rings. The fourth-order valence-corrected chi connectivity index (χ4v) is 7.93. The van der Waals surface area contributed by atoms with E-state index in [0.717, 1.165) is 56.1 Å². The summed E-state index contributed by atoms with van der Waals surface area (Å²) in [5, 5.41) is 7.31. The number of hydrogen-bond acceptors (Lipinski definition) is 3. The highest BCUT2D eigenvalue weighted by atomic mass is 16.5. The Morgan fingerprint density at radius 1 is 0.500 bits per heavy atom. The van der Waals surface area contributed by atoms with Crippen molar-refractivity contribution in [3.8, 4) is 56.4 Å². The van der Waals surface area contributed by atoms with Gasteiger partial charge in [0.2, 0.25) is 0 Å². The molecule has 5 nitrogen and oxygen atoms in total. The summed E-state index contributed by atoms with van der Waals surface area (Å²) in [6.45, 7) is 10.9. The molecule has 0 bridgehead atoms. The van der Waals surface area contributed by atoms with Crippen LogP contribution in [0.4, 0.5) is 0 Å². The molecule has 0 amide bonds. The number of benzene rings is 6. The molecule has 6 aromatic carbocycles. The van der Waals surface area contributed by atoms with E-state index in [4.69, 9.17) is 14.8 Å². The maximum atomic E-state index is 6.66. The molecular weight excluding hydrogens is 661 g/mol. The van der Waals surface area contributed by atoms with E-state index in [-0.39, 0.29) is 0 Å². The van der Waals surface area contributed by atoms with Gasteiger partial charge in [-0.1, -0.05) is 78.9 Å². The lowest BCUT2D eigenvalue weighted by molar-refractivity contribution is 0.482. The van der Waals surface area contributed by atoms with E-state index in [1.807, 2.05) is 23.1 Å². The van der Waals surface area contributed by atoms with Crippen LogP contribution in [0.1, 0.15) is 27.8 Å². The van der Waals surface area contributed by atoms with Crippen LogP contribution in [0.2, 0.25) is 0 Å². The number of nitrogens with zero attached hydrogens (tertiary/aromatic N) is 4. The number of aryl methyl sites for hydroxylation is 2. The lowest BCUT2D eigenvalue weighted by atomic mass is 9.81. The zero-order valence-electron chi connectivity index (χ0n) is 31.1. The van der Waals surface area contributed by atoms with Crippen molar-refractivity contribution in [3.05, 3.63) is 180 Å². The average molecular weight is 701 g/mol. The molecule has 0 unspecified atom stereocenters. The first-order valence-corrected chi connectivity index (χ1v) is 18.4. The molecule has 3 heterocycles. The highest BCUT2D eigenvalue weighted by molar-refractivity contribution is 6.09. The fraction of sp³-hybridized carbons (Fsp3) is 0.102. The van der Waals surface area contributed by atoms with Crippen molar-refractivity contribution in [3.63, 3.8) is 0 Å². The molecule has 262 valence electrons. The standard InChI is InChI=1S/C49H40N4O/c1-31-22-23-50-46(26-31)53-44-19-13-12-18-42(44)43-21-20-40(28-45(43)53)54-41-25-32(2)24-39(27-41)52-30-38(29-51-52)49-47(36-14-8-6-9-15-36)34(4)33(3)35(5)48(49)37-16-10-7-11-17-37/h6-30H,1-5H3. The Morgan fingerprint density at radius 3 is 1.87 bits per heavy atom. The van der Waals surface area contributed by atoms with Crippen LogP contribution in [0.15, 0.2) is 152 Å². The molecule has 0 saturated carbocycles. The number of pyridine rings is 1. The Balaban J connectivity index is 1.14. The maximum Gasteiger partial charge on any atom is 0.137 e. The van der Waals surface area contributed by atoms with Crippen molar-refractivity contribution in [2.45, 2.75) is 34.6 Å². The molecule has 0 fully saturated rings. The van der Waals surface area contributed by atoms with Crippen LogP contribution in [0.25, 0.3) is 66.7 Å². The van der Waals surface area contributed by atoms with E-state index in [2.05, 4.69) is 173 Å². The lowest BCUT2D eigenvalue weighted by Crippen LogP contribution is -2.00. The van der Waals surface area contributed by atoms with Crippen molar-refractivity contribution < 1.29 is 4.74 Å². The molecule has 0 saturated heterocycles. The Bertz CT molecular complexity index is 2780. The minimum Gasteiger partial charge on any atom is -0.457 e. The average Bonchev–Trinajstić information content (AvgIpc) is 3.81. The zero-order valence-corrected chi connectivity index (χ0v) is 31.1. The molecule has 3 aromatic heterocycles. The molecule has 0 radical (unpaired) electrons. The Morgan fingerprint density at radius 2 is 1.17 bits per heavy atom. The Labute approximate surface area is 315 Å². The quantitative estimate of drug-likeness (QED) is 0.166. The molecule has 0 aliphatic carbocycles. The molecule has 9 rings (SSSR count). The van der Waals surface area contributed by atoms with Crippen LogP contribution in [0.3, 0.4) is 0 Å². The zero-order chi connectivity index (χ0) is 36.9. The summed E-state index contributed by atoms with van der Waals surface area (Å²) in [6, 6.07) is 46.7. The lowest BCUT2D eigenvalue weighted by Gasteiger charge is -2.23. The smallest absolute Gasteiger partial charge is 0.137 e. The van der Waals surface area contributed by atoms with Crippen molar-refractivity contribution in [1.82, 2.24) is 19.3 Å². The van der Waals surface area contributed by atoms with E-state index < -0.39 is 0 Å². The largest absolute Gasteiger partial charge is 0.457 e. The monoisotopic (exact) mass is 700 g/mol. The van der Waals surface area contributed by atoms with Gasteiger partial charge in [0.05, 0.1) is 22.9 Å². The third kappa shape index (κ3) is 5.75. The molecule has 0 N–H and O–H groups in total. The van der Waals surface area contributed by atoms with Gasteiger partial charge < -0.3 is 4.74 Å². The number of aromatic nitrogens is 4. The summed E-state index contributed by atoms with van der Waals surface area (Å²) in [4.78, 5) is 4.75. The van der Waals surface area contributed by atoms with E-state index >= 15 is 0 Å². The molecule has 0 atom stereocenters. The molecule has 0 aliphatic heterocycles. The minimum atomic E-state index is 0.745. The first kappa shape index (κ1) is 33.1. The van der Waals surface area contributed by atoms with Gasteiger partial charge in [0.1, 0.15) is 17.3 Å². The van der Waals surface area contributed by atoms with Crippen molar-refractivity contribution in [1.29, 1.82) is 0 Å². The van der Waals surface area contributed by atoms with Crippen LogP contribution < -0.4 is 4.74 Å². The number of fused-ring (bicyclic) bond motifs is 3. The number of ether oxygens (including phenoxy) is 1. The van der Waals surface area contributed by atoms with Gasteiger partial charge in [-0.25, -0.2) is 9.67 Å². The fourth-order valence-electron chi connectivity index (χ4n) is 7.93. The SMILES string of the molecule is Cc1cc(Oc2ccc3c4ccccc4n(-c4cc(C)ccn4)c3c2)cc(-n2cc(-c3c(-c4ccccc4)c(C)c(C)c(C)c3-c3ccccc3)cn2)c1. The minimum absolute atomic E-state index is 0.745. The third-order valence-corrected chi connectivity index (χ3v) is 10.7. The number of rotatable bonds is 7. The first-order chi connectivity index (χ1) is 26.3. The van der Waals surface area contributed by atoms with Crippen LogP contribution in [-0.2, 0) is 0 Å². The van der Waals surface area contributed by atoms with Gasteiger partial charge in [0.15, 0.2) is 0 Å². The van der Waals surface area contributed by atoms with E-state index in [1.54, 1.807) is 0 Å². The second kappa shape index (κ2) is 13.4. The Kier molecular flexibility index (Phi) is 8.20. The van der Waals surface area contributed by atoms with Crippen molar-refractivity contribution >= 4 is 21.8 Å². The summed E-state index contributed by atoms with van der Waals surface area (Å²) in [5.41, 5.74) is 16.3. The van der Waals surface area contributed by atoms with Crippen molar-refractivity contribution in [2.75, 3.05) is 0 Å². The van der Waals surface area contributed by atoms with E-state index in [0.29, 0.717) is 0 Å². The molecule has 54 heavy (non-hydrogen) atoms. The van der Waals surface area contributed by atoms with Gasteiger partial charge in [-0.15, -0.1) is 0 Å². The van der Waals surface area contributed by atoms with E-state index in [1.165, 1.54) is 49.9 Å². The summed E-state index contributed by atoms with van der Waals surface area (Å²) < 4.78 is 10.8. The highest BCUT2D eigenvalue weighted by Crippen LogP contribution is 2.46. The van der Waals surface area contributed by atoms with E-state index in [9.17, 15) is 0 Å². The molecule has 5 heteroatoms. The predicted octanol–water partition coefficient (Wildman–Crippen LogP) is 12.7. The molecule has 0 aliphatic rings. The first-order valence-electron chi connectivity index (χ1n) is 18.4. The topological polar surface area (TPSA) is 44.9 Å². The Hall–Kier alpha value is -6.72. The van der Waals surface area contributed by atoms with Crippen LogP contribution in [-0.4, -0.2) is 19.3 Å². The highest BCUT2D eigenvalue weighted by Gasteiger charge is 2.23. The number of hydrogen-bond donors (Lipinski definition) is 0. The summed E-state index contributed by atoms with van der Waals surface area (Å²) in [6.07, 6.45) is 6.02. The maximum absolute atomic E-state index is 6.66. The second-order valence-corrected chi connectivity index (χ2v) is 14.2. The second-order valence-electron chi connectivity index (χ2n) is 14.2. The molecular formula is C49H40N4O. The van der Waals surface area contributed by atoms with Gasteiger partial charge in [-0.2, -0.15) is 5.10 Å². The van der Waals surface area contributed by atoms with Crippen molar-refractivity contribution in [2.24, 2.45) is 0 Å². The van der Waals surface area contributed by atoms with Gasteiger partial charge in [-0.3, -0.25) is 4.57 Å². The molecule has 0 spiro atoms. The summed E-state index contributed by atoms with van der Waals surface area (Å²) in [5.74, 6) is 2.38. The third-order valence-electron chi connectivity index (χ3n) is 10.7. The predicted molar refractivity (Wildman–Crippen MR) is 222 cm³/mol. The number of para-hydroxylation sites is 1. The van der Waals surface area contributed by atoms with Crippen LogP contribution in [0.5, 0.6) is 11.5 Å². The van der Waals surface area contributed by atoms with Crippen LogP contribution in [0, 0.1) is 34.6 Å².